The molecule has 0 aliphatic heterocycles. The fourth-order valence-corrected chi connectivity index (χ4v) is 3.93. The van der Waals surface area contributed by atoms with Gasteiger partial charge in [-0.25, -0.2) is 4.79 Å². The maximum Gasteiger partial charge on any atom is 0.341 e. The van der Waals surface area contributed by atoms with Gasteiger partial charge in [0.15, 0.2) is 0 Å². The monoisotopic (exact) mass is 442 g/mol. The van der Waals surface area contributed by atoms with E-state index in [1.165, 1.54) is 7.11 Å². The van der Waals surface area contributed by atoms with Crippen molar-refractivity contribution in [2.75, 3.05) is 19.1 Å². The molecule has 0 saturated heterocycles. The topological polar surface area (TPSA) is 96.9 Å². The third-order valence-corrected chi connectivity index (χ3v) is 5.57. The van der Waals surface area contributed by atoms with Crippen LogP contribution in [0.4, 0.5) is 11.4 Å². The van der Waals surface area contributed by atoms with E-state index < -0.39 is 5.97 Å². The van der Waals surface area contributed by atoms with Crippen LogP contribution in [0.3, 0.4) is 0 Å². The Bertz CT molecular complexity index is 1250. The van der Waals surface area contributed by atoms with E-state index in [2.05, 4.69) is 32.5 Å². The number of pyridine rings is 1. The molecule has 0 saturated carbocycles. The quantitative estimate of drug-likeness (QED) is 0.413. The van der Waals surface area contributed by atoms with E-state index in [4.69, 9.17) is 4.74 Å². The highest BCUT2D eigenvalue weighted by Gasteiger charge is 2.21. The van der Waals surface area contributed by atoms with Crippen LogP contribution in [0.5, 0.6) is 0 Å². The summed E-state index contributed by atoms with van der Waals surface area (Å²) in [5.74, 6) is 0.154. The molecule has 0 radical (unpaired) electrons. The number of methoxy groups -OCH3 is 1. The number of hydrogen-bond donors (Lipinski definition) is 1. The maximum absolute atomic E-state index is 12.5. The molecule has 0 fully saturated rings. The number of aryl methyl sites for hydroxylation is 2. The Morgan fingerprint density at radius 1 is 1.09 bits per heavy atom. The van der Waals surface area contributed by atoms with Crippen molar-refractivity contribution in [3.05, 3.63) is 71.5 Å². The van der Waals surface area contributed by atoms with Gasteiger partial charge in [0.2, 0.25) is 5.82 Å². The minimum Gasteiger partial charge on any atom is -0.465 e. The van der Waals surface area contributed by atoms with Gasteiger partial charge in [-0.2, -0.15) is 5.21 Å². The first-order valence-corrected chi connectivity index (χ1v) is 10.8. The molecule has 1 N–H and O–H groups in total. The maximum atomic E-state index is 12.5. The molecule has 33 heavy (non-hydrogen) atoms. The van der Waals surface area contributed by atoms with E-state index in [-0.39, 0.29) is 0 Å². The zero-order valence-electron chi connectivity index (χ0n) is 19.2. The molecule has 0 amide bonds. The highest BCUT2D eigenvalue weighted by Crippen LogP contribution is 2.34. The summed E-state index contributed by atoms with van der Waals surface area (Å²) in [4.78, 5) is 19.1. The van der Waals surface area contributed by atoms with Crippen molar-refractivity contribution in [3.8, 4) is 22.5 Å². The zero-order valence-corrected chi connectivity index (χ0v) is 19.2. The lowest BCUT2D eigenvalue weighted by molar-refractivity contribution is 0.0600. The second kappa shape index (κ2) is 9.60. The number of hydrogen-bond acceptors (Lipinski definition) is 7. The summed E-state index contributed by atoms with van der Waals surface area (Å²) in [5, 5.41) is 14.4. The number of H-pyrrole nitrogens is 1. The van der Waals surface area contributed by atoms with E-state index in [0.29, 0.717) is 17.1 Å². The number of ether oxygens (including phenoxy) is 1. The summed E-state index contributed by atoms with van der Waals surface area (Å²) in [6.07, 6.45) is 1.82. The number of aromatic amines is 1. The van der Waals surface area contributed by atoms with Gasteiger partial charge in [0.1, 0.15) is 5.56 Å². The molecular formula is C25H26N6O2. The number of rotatable bonds is 7. The second-order valence-corrected chi connectivity index (χ2v) is 7.72. The Balaban J connectivity index is 1.72. The lowest BCUT2D eigenvalue weighted by Crippen LogP contribution is -2.18. The molecule has 2 aromatic carbocycles. The summed E-state index contributed by atoms with van der Waals surface area (Å²) in [6, 6.07) is 18.1. The van der Waals surface area contributed by atoms with Crippen molar-refractivity contribution in [3.63, 3.8) is 0 Å². The largest absolute Gasteiger partial charge is 0.465 e. The number of carbonyl (C=O) groups excluding carboxylic acids is 1. The molecular weight excluding hydrogens is 416 g/mol. The van der Waals surface area contributed by atoms with Crippen LogP contribution in [0.15, 0.2) is 54.6 Å². The lowest BCUT2D eigenvalue weighted by atomic mass is 9.99. The Hall–Kier alpha value is -4.07. The van der Waals surface area contributed by atoms with Gasteiger partial charge >= 0.3 is 5.97 Å². The fraction of sp³-hybridized carbons (Fsp3) is 0.240. The van der Waals surface area contributed by atoms with Crippen molar-refractivity contribution >= 4 is 17.3 Å². The molecule has 0 aliphatic rings. The van der Waals surface area contributed by atoms with Gasteiger partial charge in [-0.1, -0.05) is 49.7 Å². The molecule has 168 valence electrons. The molecule has 4 rings (SSSR count). The van der Waals surface area contributed by atoms with E-state index in [0.717, 1.165) is 46.6 Å². The Kier molecular flexibility index (Phi) is 6.44. The molecule has 0 atom stereocenters. The molecule has 4 aromatic rings. The third kappa shape index (κ3) is 4.45. The number of anilines is 2. The minimum absolute atomic E-state index is 0.393. The molecule has 0 aliphatic carbocycles. The predicted octanol–water partition coefficient (Wildman–Crippen LogP) is 4.74. The number of esters is 1. The fourth-order valence-electron chi connectivity index (χ4n) is 3.93. The minimum atomic E-state index is -0.393. The Labute approximate surface area is 192 Å². The third-order valence-electron chi connectivity index (χ3n) is 5.57. The van der Waals surface area contributed by atoms with Crippen LogP contribution >= 0.6 is 0 Å². The molecule has 0 spiro atoms. The number of carbonyl (C=O) groups is 1. The van der Waals surface area contributed by atoms with Gasteiger partial charge in [0, 0.05) is 24.0 Å². The average Bonchev–Trinajstić information content (AvgIpc) is 3.38. The van der Waals surface area contributed by atoms with Crippen LogP contribution < -0.4 is 4.90 Å². The van der Waals surface area contributed by atoms with Crippen LogP contribution in [0.2, 0.25) is 0 Å². The molecule has 2 aromatic heterocycles. The van der Waals surface area contributed by atoms with Gasteiger partial charge in [-0.15, -0.1) is 10.2 Å². The van der Waals surface area contributed by atoms with Crippen LogP contribution in [0.25, 0.3) is 22.5 Å². The smallest absolute Gasteiger partial charge is 0.341 e. The molecule has 8 nitrogen and oxygen atoms in total. The van der Waals surface area contributed by atoms with E-state index in [9.17, 15) is 4.79 Å². The summed E-state index contributed by atoms with van der Waals surface area (Å²) >= 11 is 0. The second-order valence-electron chi connectivity index (χ2n) is 7.72. The Morgan fingerprint density at radius 3 is 2.45 bits per heavy atom. The number of aromatic nitrogens is 5. The molecule has 2 heterocycles. The van der Waals surface area contributed by atoms with E-state index in [1.54, 1.807) is 0 Å². The summed E-state index contributed by atoms with van der Waals surface area (Å²) < 4.78 is 5.04. The van der Waals surface area contributed by atoms with Crippen LogP contribution in [-0.4, -0.2) is 45.7 Å². The van der Waals surface area contributed by atoms with Crippen LogP contribution in [0, 0.1) is 6.92 Å². The van der Waals surface area contributed by atoms with Gasteiger partial charge in [0.25, 0.3) is 0 Å². The summed E-state index contributed by atoms with van der Waals surface area (Å²) in [6.45, 7) is 3.96. The first kappa shape index (κ1) is 22.1. The number of nitrogens with zero attached hydrogens (tertiary/aromatic N) is 5. The van der Waals surface area contributed by atoms with Gasteiger partial charge in [-0.3, -0.25) is 4.98 Å². The zero-order chi connectivity index (χ0) is 23.4. The van der Waals surface area contributed by atoms with Crippen molar-refractivity contribution in [1.82, 2.24) is 25.6 Å². The van der Waals surface area contributed by atoms with Crippen LogP contribution in [-0.2, 0) is 11.2 Å². The number of tetrazole rings is 1. The van der Waals surface area contributed by atoms with Crippen LogP contribution in [0.1, 0.15) is 35.1 Å². The van der Waals surface area contributed by atoms with Crippen molar-refractivity contribution in [2.45, 2.75) is 26.7 Å². The van der Waals surface area contributed by atoms with Gasteiger partial charge in [-0.05, 0) is 47.9 Å². The lowest BCUT2D eigenvalue weighted by Gasteiger charge is -2.24. The number of nitrogens with one attached hydrogen (secondary N) is 1. The van der Waals surface area contributed by atoms with Crippen molar-refractivity contribution in [2.24, 2.45) is 0 Å². The standard InChI is InChI=1S/C25H26N6O2/c1-5-8-18-15-22(23(16(2)26-18)25(32)33-4)31(3)19-13-11-17(12-14-19)20-9-6-7-10-21(20)24-27-29-30-28-24/h6-7,9-15H,5,8H2,1-4H3,(H,27,28,29,30). The normalized spacial score (nSPS) is 10.8. The van der Waals surface area contributed by atoms with Crippen molar-refractivity contribution in [1.29, 1.82) is 0 Å². The Morgan fingerprint density at radius 2 is 1.82 bits per heavy atom. The van der Waals surface area contributed by atoms with Gasteiger partial charge in [0.05, 0.1) is 18.5 Å². The molecule has 0 unspecified atom stereocenters. The highest BCUT2D eigenvalue weighted by molar-refractivity contribution is 5.98. The molecule has 0 bridgehead atoms. The predicted molar refractivity (Wildman–Crippen MR) is 127 cm³/mol. The first-order valence-electron chi connectivity index (χ1n) is 10.8. The van der Waals surface area contributed by atoms with E-state index in [1.807, 2.05) is 73.5 Å². The summed E-state index contributed by atoms with van der Waals surface area (Å²) in [5.41, 5.74) is 6.74. The average molecular weight is 443 g/mol. The van der Waals surface area contributed by atoms with E-state index >= 15 is 0 Å². The van der Waals surface area contributed by atoms with Gasteiger partial charge < -0.3 is 9.64 Å². The molecule has 8 heteroatoms. The van der Waals surface area contributed by atoms with Crippen molar-refractivity contribution < 1.29 is 9.53 Å². The number of benzene rings is 2. The first-order chi connectivity index (χ1) is 16.0. The summed E-state index contributed by atoms with van der Waals surface area (Å²) in [7, 11) is 3.33. The highest BCUT2D eigenvalue weighted by atomic mass is 16.5. The SMILES string of the molecule is CCCc1cc(N(C)c2ccc(-c3ccccc3-c3nn[nH]n3)cc2)c(C(=O)OC)c(C)n1.